The van der Waals surface area contributed by atoms with E-state index in [0.717, 1.165) is 12.0 Å². The lowest BCUT2D eigenvalue weighted by atomic mass is 9.85. The van der Waals surface area contributed by atoms with Gasteiger partial charge in [-0.25, -0.2) is 0 Å². The Hall–Kier alpha value is -0.860. The van der Waals surface area contributed by atoms with E-state index >= 15 is 0 Å². The normalized spacial score (nSPS) is 23.4. The number of likely N-dealkylation sites (tertiary alicyclic amines) is 1. The van der Waals surface area contributed by atoms with Crippen LogP contribution in [0.2, 0.25) is 0 Å². The summed E-state index contributed by atoms with van der Waals surface area (Å²) in [5.41, 5.74) is 3.19. The highest BCUT2D eigenvalue weighted by atomic mass is 15.2. The number of piperidine rings is 1. The van der Waals surface area contributed by atoms with Crippen molar-refractivity contribution >= 4 is 0 Å². The third-order valence-electron chi connectivity index (χ3n) is 5.99. The molecule has 0 saturated carbocycles. The quantitative estimate of drug-likeness (QED) is 0.789. The van der Waals surface area contributed by atoms with Crippen LogP contribution in [0.25, 0.3) is 0 Å². The van der Waals surface area contributed by atoms with Crippen molar-refractivity contribution in [1.82, 2.24) is 9.80 Å². The zero-order valence-corrected chi connectivity index (χ0v) is 15.3. The summed E-state index contributed by atoms with van der Waals surface area (Å²) in [5, 5.41) is 0. The summed E-state index contributed by atoms with van der Waals surface area (Å²) in [7, 11) is 2.38. The Balaban J connectivity index is 1.57. The number of hydrogen-bond acceptors (Lipinski definition) is 2. The summed E-state index contributed by atoms with van der Waals surface area (Å²) in [6.45, 7) is 8.54. The Kier molecular flexibility index (Phi) is 5.76. The van der Waals surface area contributed by atoms with Gasteiger partial charge in [0.25, 0.3) is 0 Å². The van der Waals surface area contributed by atoms with Gasteiger partial charge in [0.1, 0.15) is 0 Å². The van der Waals surface area contributed by atoms with Gasteiger partial charge >= 0.3 is 0 Å². The maximum absolute atomic E-state index is 2.71. The van der Waals surface area contributed by atoms with Crippen LogP contribution < -0.4 is 0 Å². The molecule has 0 radical (unpaired) electrons. The van der Waals surface area contributed by atoms with Crippen molar-refractivity contribution in [3.63, 3.8) is 0 Å². The van der Waals surface area contributed by atoms with Crippen molar-refractivity contribution in [2.75, 3.05) is 26.7 Å². The molecule has 0 bridgehead atoms. The highest BCUT2D eigenvalue weighted by Gasteiger charge is 2.30. The number of fused-ring (bicyclic) bond motifs is 1. The smallest absolute Gasteiger partial charge is 0.0350 e. The van der Waals surface area contributed by atoms with Crippen molar-refractivity contribution in [3.8, 4) is 0 Å². The second kappa shape index (κ2) is 7.81. The lowest BCUT2D eigenvalue weighted by molar-refractivity contribution is 0.0868. The van der Waals surface area contributed by atoms with Crippen LogP contribution in [-0.4, -0.2) is 42.5 Å². The summed E-state index contributed by atoms with van der Waals surface area (Å²) in [4.78, 5) is 5.39. The molecule has 3 rings (SSSR count). The molecule has 0 aromatic heterocycles. The highest BCUT2D eigenvalue weighted by molar-refractivity contribution is 5.32. The zero-order valence-electron chi connectivity index (χ0n) is 15.3. The Bertz CT molecular complexity index is 488. The first-order valence-electron chi connectivity index (χ1n) is 9.67. The molecule has 0 unspecified atom stereocenters. The average Bonchev–Trinajstić information content (AvgIpc) is 2.59. The van der Waals surface area contributed by atoms with E-state index < -0.39 is 0 Å². The minimum absolute atomic E-state index is 0.646. The molecule has 1 atom stereocenters. The second-order valence-electron chi connectivity index (χ2n) is 8.03. The van der Waals surface area contributed by atoms with Crippen LogP contribution in [0.1, 0.15) is 63.1 Å². The van der Waals surface area contributed by atoms with Gasteiger partial charge in [0, 0.05) is 12.1 Å². The minimum Gasteiger partial charge on any atom is -0.303 e. The SMILES string of the molecule is CC(C)CCN1CCC(N(C)[C@H]2CCCc3ccccc32)CC1. The van der Waals surface area contributed by atoms with Crippen molar-refractivity contribution in [2.24, 2.45) is 5.92 Å². The van der Waals surface area contributed by atoms with E-state index in [0.29, 0.717) is 6.04 Å². The van der Waals surface area contributed by atoms with Gasteiger partial charge in [0.2, 0.25) is 0 Å². The average molecular weight is 315 g/mol. The lowest BCUT2D eigenvalue weighted by Crippen LogP contribution is -2.45. The predicted octanol–water partition coefficient (Wildman–Crippen LogP) is 4.51. The maximum atomic E-state index is 2.71. The molecular weight excluding hydrogens is 280 g/mol. The van der Waals surface area contributed by atoms with Crippen LogP contribution in [0.15, 0.2) is 24.3 Å². The predicted molar refractivity (Wildman–Crippen MR) is 98.8 cm³/mol. The van der Waals surface area contributed by atoms with E-state index in [2.05, 4.69) is 55.0 Å². The fraction of sp³-hybridized carbons (Fsp3) is 0.714. The monoisotopic (exact) mass is 314 g/mol. The first-order chi connectivity index (χ1) is 11.1. The third kappa shape index (κ3) is 4.16. The van der Waals surface area contributed by atoms with Gasteiger partial charge < -0.3 is 4.90 Å². The van der Waals surface area contributed by atoms with Crippen LogP contribution in [-0.2, 0) is 6.42 Å². The molecule has 1 fully saturated rings. The van der Waals surface area contributed by atoms with Gasteiger partial charge in [-0.2, -0.15) is 0 Å². The van der Waals surface area contributed by atoms with Crippen molar-refractivity contribution in [1.29, 1.82) is 0 Å². The fourth-order valence-corrected chi connectivity index (χ4v) is 4.40. The molecule has 2 nitrogen and oxygen atoms in total. The van der Waals surface area contributed by atoms with Gasteiger partial charge in [0.15, 0.2) is 0 Å². The van der Waals surface area contributed by atoms with Gasteiger partial charge in [0.05, 0.1) is 0 Å². The Morgan fingerprint density at radius 2 is 1.87 bits per heavy atom. The summed E-state index contributed by atoms with van der Waals surface area (Å²) < 4.78 is 0. The maximum Gasteiger partial charge on any atom is 0.0350 e. The van der Waals surface area contributed by atoms with Gasteiger partial charge in [-0.15, -0.1) is 0 Å². The molecule has 0 spiro atoms. The van der Waals surface area contributed by atoms with Crippen LogP contribution >= 0.6 is 0 Å². The molecule has 1 saturated heterocycles. The van der Waals surface area contributed by atoms with Crippen molar-refractivity contribution < 1.29 is 0 Å². The highest BCUT2D eigenvalue weighted by Crippen LogP contribution is 2.36. The van der Waals surface area contributed by atoms with Crippen molar-refractivity contribution in [3.05, 3.63) is 35.4 Å². The standard InChI is InChI=1S/C21H34N2/c1-17(2)11-14-23-15-12-19(13-16-23)22(3)21-10-6-8-18-7-4-5-9-20(18)21/h4-5,7,9,17,19,21H,6,8,10-16H2,1-3H3/t21-/m0/s1. The molecule has 1 aromatic carbocycles. The molecule has 1 aromatic rings. The first kappa shape index (κ1) is 17.0. The molecule has 23 heavy (non-hydrogen) atoms. The number of rotatable bonds is 5. The Morgan fingerprint density at radius 3 is 2.61 bits per heavy atom. The summed E-state index contributed by atoms with van der Waals surface area (Å²) in [5.74, 6) is 0.828. The molecule has 1 aliphatic carbocycles. The zero-order chi connectivity index (χ0) is 16.2. The number of nitrogens with zero attached hydrogens (tertiary/aromatic N) is 2. The molecule has 128 valence electrons. The van der Waals surface area contributed by atoms with E-state index in [1.165, 1.54) is 58.2 Å². The molecule has 2 aliphatic rings. The second-order valence-corrected chi connectivity index (χ2v) is 8.03. The Morgan fingerprint density at radius 1 is 1.13 bits per heavy atom. The van der Waals surface area contributed by atoms with Crippen molar-refractivity contribution in [2.45, 2.75) is 64.5 Å². The van der Waals surface area contributed by atoms with Gasteiger partial charge in [-0.05, 0) is 82.3 Å². The lowest BCUT2D eigenvalue weighted by Gasteiger charge is -2.42. The summed E-state index contributed by atoms with van der Waals surface area (Å²) >= 11 is 0. The van der Waals surface area contributed by atoms with Crippen LogP contribution in [0, 0.1) is 5.92 Å². The van der Waals surface area contributed by atoms with E-state index in [4.69, 9.17) is 0 Å². The third-order valence-corrected chi connectivity index (χ3v) is 5.99. The molecule has 1 heterocycles. The van der Waals surface area contributed by atoms with Crippen LogP contribution in [0.4, 0.5) is 0 Å². The number of aryl methyl sites for hydroxylation is 1. The Labute approximate surface area is 142 Å². The number of hydrogen-bond donors (Lipinski definition) is 0. The topological polar surface area (TPSA) is 6.48 Å². The molecule has 2 heteroatoms. The molecule has 1 aliphatic heterocycles. The van der Waals surface area contributed by atoms with Gasteiger partial charge in [-0.3, -0.25) is 4.90 Å². The van der Waals surface area contributed by atoms with E-state index in [-0.39, 0.29) is 0 Å². The molecule has 0 amide bonds. The summed E-state index contributed by atoms with van der Waals surface area (Å²) in [6.07, 6.45) is 7.98. The summed E-state index contributed by atoms with van der Waals surface area (Å²) in [6, 6.07) is 10.5. The largest absolute Gasteiger partial charge is 0.303 e. The minimum atomic E-state index is 0.646. The van der Waals surface area contributed by atoms with E-state index in [1.807, 2.05) is 0 Å². The van der Waals surface area contributed by atoms with Gasteiger partial charge in [-0.1, -0.05) is 38.1 Å². The fourth-order valence-electron chi connectivity index (χ4n) is 4.40. The number of benzene rings is 1. The van der Waals surface area contributed by atoms with E-state index in [9.17, 15) is 0 Å². The van der Waals surface area contributed by atoms with E-state index in [1.54, 1.807) is 11.1 Å². The molecule has 0 N–H and O–H groups in total. The van der Waals surface area contributed by atoms with Crippen LogP contribution in [0.3, 0.4) is 0 Å². The molecular formula is C21H34N2. The first-order valence-corrected chi connectivity index (χ1v) is 9.67. The van der Waals surface area contributed by atoms with Crippen LogP contribution in [0.5, 0.6) is 0 Å².